The van der Waals surface area contributed by atoms with Gasteiger partial charge in [0.1, 0.15) is 0 Å². The predicted molar refractivity (Wildman–Crippen MR) is 107 cm³/mol. The summed E-state index contributed by atoms with van der Waals surface area (Å²) in [6.45, 7) is 16.6. The predicted octanol–water partition coefficient (Wildman–Crippen LogP) is 7.44. The third-order valence-electron chi connectivity index (χ3n) is 5.89. The van der Waals surface area contributed by atoms with Crippen molar-refractivity contribution in [2.24, 2.45) is 5.92 Å². The van der Waals surface area contributed by atoms with Crippen molar-refractivity contribution < 1.29 is 0 Å². The second kappa shape index (κ2) is 14.3. The molecule has 0 fully saturated rings. The average Bonchev–Trinajstić information content (AvgIpc) is 2.53. The van der Waals surface area contributed by atoms with Gasteiger partial charge < -0.3 is 0 Å². The van der Waals surface area contributed by atoms with Crippen LogP contribution in [0.2, 0.25) is 0 Å². The van der Waals surface area contributed by atoms with Gasteiger partial charge in [-0.3, -0.25) is 4.90 Å². The van der Waals surface area contributed by atoms with Gasteiger partial charge in [-0.15, -0.1) is 0 Å². The smallest absolute Gasteiger partial charge is 0.0181 e. The first-order valence-corrected chi connectivity index (χ1v) is 10.8. The Morgan fingerprint density at radius 2 is 1.00 bits per heavy atom. The zero-order valence-electron chi connectivity index (χ0n) is 17.4. The molecule has 0 aliphatic carbocycles. The molecule has 0 saturated carbocycles. The Hall–Kier alpha value is -0.0400. The van der Waals surface area contributed by atoms with Crippen molar-refractivity contribution >= 4 is 0 Å². The normalized spacial score (nSPS) is 13.7. The fourth-order valence-electron chi connectivity index (χ4n) is 4.14. The molecule has 0 N–H and O–H groups in total. The molecule has 0 spiro atoms. The fraction of sp³-hybridized carbons (Fsp3) is 1.00. The maximum absolute atomic E-state index is 2.69. The second-order valence-corrected chi connectivity index (χ2v) is 7.93. The number of hydrogen-bond acceptors (Lipinski definition) is 1. The van der Waals surface area contributed by atoms with Crippen LogP contribution in [-0.4, -0.2) is 23.5 Å². The molecule has 0 heterocycles. The van der Waals surface area contributed by atoms with E-state index in [-0.39, 0.29) is 0 Å². The minimum absolute atomic E-state index is 0.360. The maximum Gasteiger partial charge on any atom is 0.0181 e. The molecule has 0 amide bonds. The summed E-state index contributed by atoms with van der Waals surface area (Å²) in [4.78, 5) is 2.69. The van der Waals surface area contributed by atoms with Crippen molar-refractivity contribution in [2.75, 3.05) is 13.1 Å². The highest BCUT2D eigenvalue weighted by Gasteiger charge is 2.32. The summed E-state index contributed by atoms with van der Waals surface area (Å²) < 4.78 is 0. The lowest BCUT2D eigenvalue weighted by Crippen LogP contribution is -2.49. The molecule has 1 nitrogen and oxygen atoms in total. The van der Waals surface area contributed by atoms with Gasteiger partial charge in [-0.25, -0.2) is 0 Å². The van der Waals surface area contributed by atoms with E-state index >= 15 is 0 Å². The Morgan fingerprint density at radius 1 is 0.609 bits per heavy atom. The van der Waals surface area contributed by atoms with Crippen LogP contribution in [0.25, 0.3) is 0 Å². The summed E-state index contributed by atoms with van der Waals surface area (Å²) in [7, 11) is 0. The molecule has 0 radical (unpaired) electrons. The number of rotatable bonds is 16. The van der Waals surface area contributed by atoms with Crippen LogP contribution in [0, 0.1) is 5.92 Å². The third-order valence-corrected chi connectivity index (χ3v) is 5.89. The Labute approximate surface area is 148 Å². The minimum atomic E-state index is 0.360. The van der Waals surface area contributed by atoms with Gasteiger partial charge in [0, 0.05) is 5.54 Å². The molecule has 23 heavy (non-hydrogen) atoms. The molecule has 0 saturated heterocycles. The Balaban J connectivity index is 4.42. The lowest BCUT2D eigenvalue weighted by atomic mass is 9.78. The molecule has 0 aliphatic rings. The van der Waals surface area contributed by atoms with Gasteiger partial charge in [0.25, 0.3) is 0 Å². The molecular formula is C22H47N. The van der Waals surface area contributed by atoms with Crippen LogP contribution in [0.4, 0.5) is 0 Å². The van der Waals surface area contributed by atoms with Crippen molar-refractivity contribution in [3.8, 4) is 0 Å². The van der Waals surface area contributed by atoms with E-state index in [0.717, 1.165) is 5.92 Å². The summed E-state index contributed by atoms with van der Waals surface area (Å²) in [5.74, 6) is 0.866. The SMILES string of the molecule is CCCCCCCCC(CCCCCC)C(C)(C)N(CC)CC. The quantitative estimate of drug-likeness (QED) is 0.266. The molecule has 1 unspecified atom stereocenters. The summed E-state index contributed by atoms with van der Waals surface area (Å²) in [6, 6.07) is 0. The molecule has 1 heteroatoms. The third kappa shape index (κ3) is 9.75. The van der Waals surface area contributed by atoms with E-state index in [0.29, 0.717) is 5.54 Å². The highest BCUT2D eigenvalue weighted by atomic mass is 15.2. The van der Waals surface area contributed by atoms with Gasteiger partial charge in [0.15, 0.2) is 0 Å². The standard InChI is InChI=1S/C22H47N/c1-7-11-13-15-16-18-20-21(19-17-14-12-8-2)22(5,6)23(9-3)10-4/h21H,7-20H2,1-6H3. The van der Waals surface area contributed by atoms with E-state index in [1.165, 1.54) is 90.1 Å². The molecular weight excluding hydrogens is 278 g/mol. The maximum atomic E-state index is 2.69. The Bertz CT molecular complexity index is 242. The molecule has 0 bridgehead atoms. The van der Waals surface area contributed by atoms with Crippen LogP contribution in [0.1, 0.15) is 119 Å². The lowest BCUT2D eigenvalue weighted by molar-refractivity contribution is 0.0602. The van der Waals surface area contributed by atoms with Gasteiger partial charge in [-0.2, -0.15) is 0 Å². The molecule has 0 aromatic carbocycles. The zero-order chi connectivity index (χ0) is 17.6. The van der Waals surface area contributed by atoms with Gasteiger partial charge in [-0.05, 0) is 45.7 Å². The van der Waals surface area contributed by atoms with Crippen molar-refractivity contribution in [2.45, 2.75) is 124 Å². The fourth-order valence-corrected chi connectivity index (χ4v) is 4.14. The van der Waals surface area contributed by atoms with Crippen molar-refractivity contribution in [1.29, 1.82) is 0 Å². The highest BCUT2D eigenvalue weighted by molar-refractivity contribution is 4.88. The molecule has 0 aromatic heterocycles. The van der Waals surface area contributed by atoms with Crippen molar-refractivity contribution in [3.63, 3.8) is 0 Å². The second-order valence-electron chi connectivity index (χ2n) is 7.93. The van der Waals surface area contributed by atoms with Crippen molar-refractivity contribution in [1.82, 2.24) is 4.90 Å². The van der Waals surface area contributed by atoms with Crippen LogP contribution in [-0.2, 0) is 0 Å². The highest BCUT2D eigenvalue weighted by Crippen LogP contribution is 2.33. The summed E-state index contributed by atoms with van der Waals surface area (Å²) in [6.07, 6.45) is 17.0. The summed E-state index contributed by atoms with van der Waals surface area (Å²) in [5, 5.41) is 0. The zero-order valence-corrected chi connectivity index (χ0v) is 17.4. The number of nitrogens with zero attached hydrogens (tertiary/aromatic N) is 1. The van der Waals surface area contributed by atoms with Gasteiger partial charge in [0.2, 0.25) is 0 Å². The number of unbranched alkanes of at least 4 members (excludes halogenated alkanes) is 8. The van der Waals surface area contributed by atoms with E-state index in [4.69, 9.17) is 0 Å². The molecule has 0 aromatic rings. The lowest BCUT2D eigenvalue weighted by Gasteiger charge is -2.44. The van der Waals surface area contributed by atoms with E-state index in [2.05, 4.69) is 46.4 Å². The molecule has 0 rings (SSSR count). The van der Waals surface area contributed by atoms with E-state index < -0.39 is 0 Å². The van der Waals surface area contributed by atoms with Crippen LogP contribution >= 0.6 is 0 Å². The molecule has 1 atom stereocenters. The number of hydrogen-bond donors (Lipinski definition) is 0. The summed E-state index contributed by atoms with van der Waals surface area (Å²) in [5.41, 5.74) is 0.360. The van der Waals surface area contributed by atoms with Crippen LogP contribution in [0.15, 0.2) is 0 Å². The van der Waals surface area contributed by atoms with Crippen LogP contribution < -0.4 is 0 Å². The Kier molecular flexibility index (Phi) is 14.3. The van der Waals surface area contributed by atoms with Crippen LogP contribution in [0.5, 0.6) is 0 Å². The van der Waals surface area contributed by atoms with Gasteiger partial charge >= 0.3 is 0 Å². The first kappa shape index (κ1) is 23.0. The van der Waals surface area contributed by atoms with E-state index in [9.17, 15) is 0 Å². The van der Waals surface area contributed by atoms with Crippen LogP contribution in [0.3, 0.4) is 0 Å². The van der Waals surface area contributed by atoms with E-state index in [1.807, 2.05) is 0 Å². The molecule has 0 aliphatic heterocycles. The summed E-state index contributed by atoms with van der Waals surface area (Å²) >= 11 is 0. The molecule has 140 valence electrons. The van der Waals surface area contributed by atoms with E-state index in [1.54, 1.807) is 0 Å². The average molecular weight is 326 g/mol. The monoisotopic (exact) mass is 325 g/mol. The largest absolute Gasteiger partial charge is 0.298 e. The van der Waals surface area contributed by atoms with Crippen molar-refractivity contribution in [3.05, 3.63) is 0 Å². The Morgan fingerprint density at radius 3 is 1.43 bits per heavy atom. The topological polar surface area (TPSA) is 3.24 Å². The first-order valence-electron chi connectivity index (χ1n) is 10.8. The van der Waals surface area contributed by atoms with Gasteiger partial charge in [-0.1, -0.05) is 91.9 Å². The van der Waals surface area contributed by atoms with Gasteiger partial charge in [0.05, 0.1) is 0 Å². The minimum Gasteiger partial charge on any atom is -0.298 e. The first-order chi connectivity index (χ1) is 11.0.